The van der Waals surface area contributed by atoms with E-state index in [0.717, 1.165) is 4.31 Å². The van der Waals surface area contributed by atoms with Gasteiger partial charge in [0.15, 0.2) is 0 Å². The zero-order valence-electron chi connectivity index (χ0n) is 7.43. The third-order valence-corrected chi connectivity index (χ3v) is 3.03. The lowest BCUT2D eigenvalue weighted by molar-refractivity contribution is -0.129. The molecular weight excluding hydrogens is 194 g/mol. The third kappa shape index (κ3) is 2.64. The monoisotopic (exact) mass is 207 g/mol. The summed E-state index contributed by atoms with van der Waals surface area (Å²) >= 11 is 0. The minimum atomic E-state index is -3.72. The van der Waals surface area contributed by atoms with Gasteiger partial charge in [0, 0.05) is 20.1 Å². The maximum Gasteiger partial charge on any atom is 0.277 e. The van der Waals surface area contributed by atoms with Crippen LogP contribution in [0.25, 0.3) is 0 Å². The Morgan fingerprint density at radius 1 is 1.38 bits per heavy atom. The quantitative estimate of drug-likeness (QED) is 0.559. The fourth-order valence-electron chi connectivity index (χ4n) is 1.18. The van der Waals surface area contributed by atoms with Crippen molar-refractivity contribution in [3.05, 3.63) is 0 Å². The van der Waals surface area contributed by atoms with E-state index in [0.29, 0.717) is 19.5 Å². The predicted octanol–water partition coefficient (Wildman–Crippen LogP) is -1.65. The van der Waals surface area contributed by atoms with Crippen LogP contribution in [-0.4, -0.2) is 50.2 Å². The van der Waals surface area contributed by atoms with Crippen molar-refractivity contribution in [2.45, 2.75) is 6.42 Å². The van der Waals surface area contributed by atoms with Crippen molar-refractivity contribution in [2.75, 3.05) is 26.7 Å². The highest BCUT2D eigenvalue weighted by Crippen LogP contribution is 2.04. The number of hydrogen-bond acceptors (Lipinski definition) is 3. The summed E-state index contributed by atoms with van der Waals surface area (Å²) < 4.78 is 22.8. The molecule has 1 rings (SSSR count). The first kappa shape index (κ1) is 10.4. The van der Waals surface area contributed by atoms with Gasteiger partial charge in [-0.3, -0.25) is 4.79 Å². The summed E-state index contributed by atoms with van der Waals surface area (Å²) in [6.07, 6.45) is 0.624. The van der Waals surface area contributed by atoms with Crippen LogP contribution >= 0.6 is 0 Å². The van der Waals surface area contributed by atoms with Crippen LogP contribution in [0.4, 0.5) is 0 Å². The molecule has 7 heteroatoms. The number of rotatable bonds is 1. The van der Waals surface area contributed by atoms with Gasteiger partial charge in [-0.05, 0) is 6.42 Å². The van der Waals surface area contributed by atoms with E-state index in [1.54, 1.807) is 7.05 Å². The molecule has 0 spiro atoms. The van der Waals surface area contributed by atoms with Crippen molar-refractivity contribution in [3.8, 4) is 0 Å². The Balaban J connectivity index is 2.76. The maximum atomic E-state index is 11.2. The Morgan fingerprint density at radius 2 is 2.00 bits per heavy atom. The minimum Gasteiger partial charge on any atom is -0.345 e. The average molecular weight is 207 g/mol. The van der Waals surface area contributed by atoms with Crippen LogP contribution in [0.5, 0.6) is 0 Å². The molecule has 1 fully saturated rings. The van der Waals surface area contributed by atoms with Gasteiger partial charge in [-0.2, -0.15) is 12.7 Å². The summed E-state index contributed by atoms with van der Waals surface area (Å²) in [7, 11) is -2.07. The van der Waals surface area contributed by atoms with Crippen molar-refractivity contribution >= 4 is 16.1 Å². The van der Waals surface area contributed by atoms with Gasteiger partial charge in [-0.25, -0.2) is 5.14 Å². The molecular formula is C6H13N3O3S. The molecule has 1 saturated heterocycles. The maximum absolute atomic E-state index is 11.2. The molecule has 0 aliphatic carbocycles. The Bertz CT molecular complexity index is 300. The lowest BCUT2D eigenvalue weighted by Crippen LogP contribution is -2.41. The summed E-state index contributed by atoms with van der Waals surface area (Å²) in [6.45, 7) is 0.745. The second-order valence-electron chi connectivity index (χ2n) is 3.05. The highest BCUT2D eigenvalue weighted by molar-refractivity contribution is 7.86. The lowest BCUT2D eigenvalue weighted by atomic mass is 10.4. The van der Waals surface area contributed by atoms with E-state index in [1.807, 2.05) is 0 Å². The molecule has 76 valence electrons. The summed E-state index contributed by atoms with van der Waals surface area (Å²) in [5.41, 5.74) is 0. The molecule has 6 nitrogen and oxygen atoms in total. The number of nitrogens with zero attached hydrogens (tertiary/aromatic N) is 2. The van der Waals surface area contributed by atoms with E-state index in [4.69, 9.17) is 5.14 Å². The van der Waals surface area contributed by atoms with Crippen LogP contribution in [0.15, 0.2) is 0 Å². The van der Waals surface area contributed by atoms with Crippen LogP contribution in [0.2, 0.25) is 0 Å². The number of hydrogen-bond donors (Lipinski definition) is 1. The van der Waals surface area contributed by atoms with Gasteiger partial charge in [0.2, 0.25) is 5.91 Å². The second kappa shape index (κ2) is 3.60. The van der Waals surface area contributed by atoms with Crippen LogP contribution in [0.3, 0.4) is 0 Å². The molecule has 0 aromatic rings. The number of carbonyl (C=O) groups is 1. The molecule has 0 unspecified atom stereocenters. The van der Waals surface area contributed by atoms with E-state index < -0.39 is 10.2 Å². The molecule has 2 N–H and O–H groups in total. The number of carbonyl (C=O) groups excluding carboxylic acids is 1. The molecule has 1 amide bonds. The van der Waals surface area contributed by atoms with Gasteiger partial charge in [-0.15, -0.1) is 0 Å². The zero-order valence-corrected chi connectivity index (χ0v) is 8.25. The molecule has 1 aliphatic rings. The van der Waals surface area contributed by atoms with Gasteiger partial charge in [0.25, 0.3) is 10.2 Å². The molecule has 0 atom stereocenters. The van der Waals surface area contributed by atoms with E-state index >= 15 is 0 Å². The molecule has 1 aliphatic heterocycles. The van der Waals surface area contributed by atoms with Crippen molar-refractivity contribution < 1.29 is 13.2 Å². The van der Waals surface area contributed by atoms with E-state index in [2.05, 4.69) is 0 Å². The predicted molar refractivity (Wildman–Crippen MR) is 46.9 cm³/mol. The highest BCUT2D eigenvalue weighted by Gasteiger charge is 2.25. The second-order valence-corrected chi connectivity index (χ2v) is 4.59. The largest absolute Gasteiger partial charge is 0.345 e. The van der Waals surface area contributed by atoms with Crippen molar-refractivity contribution in [1.29, 1.82) is 0 Å². The van der Waals surface area contributed by atoms with Crippen molar-refractivity contribution in [1.82, 2.24) is 9.21 Å². The number of likely N-dealkylation sites (N-methyl/N-ethyl adjacent to an activating group) is 1. The van der Waals surface area contributed by atoms with Crippen LogP contribution < -0.4 is 5.14 Å². The molecule has 0 aromatic carbocycles. The third-order valence-electron chi connectivity index (χ3n) is 2.00. The highest BCUT2D eigenvalue weighted by atomic mass is 32.2. The number of nitrogens with two attached hydrogens (primary N) is 1. The Morgan fingerprint density at radius 3 is 2.54 bits per heavy atom. The SMILES string of the molecule is CN1CCCN(S(N)(=O)=O)CC1=O. The lowest BCUT2D eigenvalue weighted by Gasteiger charge is -2.15. The molecule has 0 saturated carbocycles. The van der Waals surface area contributed by atoms with Crippen molar-refractivity contribution in [3.63, 3.8) is 0 Å². The molecule has 13 heavy (non-hydrogen) atoms. The van der Waals surface area contributed by atoms with Crippen LogP contribution in [-0.2, 0) is 15.0 Å². The van der Waals surface area contributed by atoms with E-state index in [1.165, 1.54) is 4.90 Å². The fourth-order valence-corrected chi connectivity index (χ4v) is 1.85. The van der Waals surface area contributed by atoms with Gasteiger partial charge in [-0.1, -0.05) is 0 Å². The zero-order chi connectivity index (χ0) is 10.1. The first-order valence-electron chi connectivity index (χ1n) is 3.93. The van der Waals surface area contributed by atoms with Gasteiger partial charge >= 0.3 is 0 Å². The topological polar surface area (TPSA) is 83.7 Å². The normalized spacial score (nSPS) is 21.7. The molecule has 1 heterocycles. The van der Waals surface area contributed by atoms with Gasteiger partial charge in [0.05, 0.1) is 6.54 Å². The summed E-state index contributed by atoms with van der Waals surface area (Å²) in [4.78, 5) is 12.7. The molecule has 0 bridgehead atoms. The van der Waals surface area contributed by atoms with Gasteiger partial charge in [0.1, 0.15) is 0 Å². The first-order chi connectivity index (χ1) is 5.91. The standard InChI is InChI=1S/C6H13N3O3S/c1-8-3-2-4-9(5-6(8)10)13(7,11)12/h2-5H2,1H3,(H2,7,11,12). The van der Waals surface area contributed by atoms with E-state index in [-0.39, 0.29) is 12.5 Å². The Hall–Kier alpha value is -0.660. The Labute approximate surface area is 77.5 Å². The summed E-state index contributed by atoms with van der Waals surface area (Å²) in [5, 5.41) is 4.91. The Kier molecular flexibility index (Phi) is 2.89. The van der Waals surface area contributed by atoms with Crippen LogP contribution in [0, 0.1) is 0 Å². The van der Waals surface area contributed by atoms with Crippen LogP contribution in [0.1, 0.15) is 6.42 Å². The smallest absolute Gasteiger partial charge is 0.277 e. The summed E-state index contributed by atoms with van der Waals surface area (Å²) in [5.74, 6) is -0.216. The minimum absolute atomic E-state index is 0.144. The fraction of sp³-hybridized carbons (Fsp3) is 0.833. The molecule has 0 aromatic heterocycles. The number of amides is 1. The van der Waals surface area contributed by atoms with Crippen molar-refractivity contribution in [2.24, 2.45) is 5.14 Å². The molecule has 0 radical (unpaired) electrons. The summed E-state index contributed by atoms with van der Waals surface area (Å²) in [6, 6.07) is 0. The van der Waals surface area contributed by atoms with E-state index in [9.17, 15) is 13.2 Å². The van der Waals surface area contributed by atoms with Gasteiger partial charge < -0.3 is 4.90 Å². The first-order valence-corrected chi connectivity index (χ1v) is 5.43. The average Bonchev–Trinajstić information content (AvgIpc) is 2.13.